The number of ether oxygens (including phenoxy) is 2. The Kier molecular flexibility index (Phi) is 8.20. The number of hydrogen-bond acceptors (Lipinski definition) is 8. The predicted octanol–water partition coefficient (Wildman–Crippen LogP) is 3.21. The van der Waals surface area contributed by atoms with Gasteiger partial charge >= 0.3 is 5.97 Å². The molecule has 3 saturated carbocycles. The van der Waals surface area contributed by atoms with Crippen molar-refractivity contribution in [2.24, 2.45) is 28.6 Å². The van der Waals surface area contributed by atoms with Gasteiger partial charge in [0.1, 0.15) is 11.4 Å². The maximum absolute atomic E-state index is 13.4. The van der Waals surface area contributed by atoms with E-state index in [-0.39, 0.29) is 55.1 Å². The second-order valence-corrected chi connectivity index (χ2v) is 12.8. The van der Waals surface area contributed by atoms with Crippen LogP contribution in [0.2, 0.25) is 0 Å². The number of carbonyl (C=O) groups is 4. The second-order valence-electron chi connectivity index (χ2n) is 12.8. The highest BCUT2D eigenvalue weighted by Gasteiger charge is 2.68. The van der Waals surface area contributed by atoms with Crippen molar-refractivity contribution in [2.75, 3.05) is 13.7 Å². The van der Waals surface area contributed by atoms with E-state index in [0.717, 1.165) is 24.0 Å². The van der Waals surface area contributed by atoms with Crippen molar-refractivity contribution in [3.05, 3.63) is 53.6 Å². The highest BCUT2D eigenvalue weighted by atomic mass is 16.5. The molecule has 0 saturated heterocycles. The Bertz CT molecular complexity index is 1320. The summed E-state index contributed by atoms with van der Waals surface area (Å²) in [6.07, 6.45) is 6.81. The Morgan fingerprint density at radius 3 is 2.55 bits per heavy atom. The summed E-state index contributed by atoms with van der Waals surface area (Å²) in [4.78, 5) is 50.0. The van der Waals surface area contributed by atoms with Crippen molar-refractivity contribution in [1.29, 1.82) is 0 Å². The van der Waals surface area contributed by atoms with Crippen molar-refractivity contribution in [2.45, 2.75) is 77.0 Å². The lowest BCUT2D eigenvalue weighted by molar-refractivity contribution is -0.181. The molecule has 4 aliphatic carbocycles. The molecule has 9 heteroatoms. The van der Waals surface area contributed by atoms with E-state index in [4.69, 9.17) is 9.47 Å². The van der Waals surface area contributed by atoms with E-state index in [2.05, 4.69) is 12.2 Å². The summed E-state index contributed by atoms with van der Waals surface area (Å²) < 4.78 is 10.3. The fourth-order valence-electron chi connectivity index (χ4n) is 8.37. The fraction of sp³-hybridized carbons (Fsp3) is 0.576. The van der Waals surface area contributed by atoms with E-state index >= 15 is 0 Å². The number of allylic oxidation sites excluding steroid dienone is 4. The van der Waals surface area contributed by atoms with E-state index in [1.807, 2.05) is 25.1 Å². The number of carbonyl (C=O) groups excluding carboxylic acids is 4. The average molecular weight is 580 g/mol. The number of hydrogen-bond donors (Lipinski definition) is 3. The van der Waals surface area contributed by atoms with Crippen molar-refractivity contribution < 1.29 is 38.9 Å². The largest absolute Gasteiger partial charge is 0.497 e. The predicted molar refractivity (Wildman–Crippen MR) is 153 cm³/mol. The lowest BCUT2D eigenvalue weighted by Crippen LogP contribution is -2.61. The van der Waals surface area contributed by atoms with Crippen molar-refractivity contribution in [3.63, 3.8) is 0 Å². The number of fused-ring (bicyclic) bond motifs is 5. The summed E-state index contributed by atoms with van der Waals surface area (Å²) >= 11 is 0. The number of aliphatic hydroxyl groups excluding tert-OH is 1. The molecule has 4 aliphatic rings. The van der Waals surface area contributed by atoms with Crippen LogP contribution >= 0.6 is 0 Å². The first-order valence-electron chi connectivity index (χ1n) is 14.8. The standard InChI is InChI=1S/C33H41NO8/c1-31-14-12-22(35)16-21(31)6-9-24-25-13-15-33(40,32(25,2)17-26(36)30(24)31)27(37)19-42-29(39)11-10-28(38)34-18-20-4-7-23(41-3)8-5-20/h4-5,7-8,12,14,16,24-26,30,36,40H,6,9-11,13,15,17-19H2,1-3H3,(H,34,38)/t24-,25-,26-,30+,31-,32-,33-/m0/s1. The minimum absolute atomic E-state index is 0.00866. The molecule has 0 heterocycles. The quantitative estimate of drug-likeness (QED) is 0.379. The zero-order valence-corrected chi connectivity index (χ0v) is 24.6. The first kappa shape index (κ1) is 30.2. The first-order valence-corrected chi connectivity index (χ1v) is 14.8. The molecule has 5 rings (SSSR count). The number of amides is 1. The van der Waals surface area contributed by atoms with Crippen LogP contribution in [0.15, 0.2) is 48.1 Å². The third-order valence-electron chi connectivity index (χ3n) is 10.7. The van der Waals surface area contributed by atoms with Crippen LogP contribution in [0, 0.1) is 28.6 Å². The van der Waals surface area contributed by atoms with Crippen molar-refractivity contribution in [1.82, 2.24) is 5.32 Å². The smallest absolute Gasteiger partial charge is 0.306 e. The summed E-state index contributed by atoms with van der Waals surface area (Å²) in [5.74, 6) is -0.899. The zero-order chi connectivity index (χ0) is 30.3. The second kappa shape index (κ2) is 11.4. The number of nitrogens with one attached hydrogen (secondary N) is 1. The van der Waals surface area contributed by atoms with Gasteiger partial charge in [-0.05, 0) is 73.8 Å². The molecule has 0 unspecified atom stereocenters. The number of methoxy groups -OCH3 is 1. The summed E-state index contributed by atoms with van der Waals surface area (Å²) in [7, 11) is 1.58. The first-order chi connectivity index (χ1) is 19.9. The average Bonchev–Trinajstić information content (AvgIpc) is 3.24. The number of Topliss-reactive ketones (excluding diaryl/α,β-unsaturated/α-hetero) is 1. The monoisotopic (exact) mass is 579 g/mol. The van der Waals surface area contributed by atoms with Crippen molar-refractivity contribution in [3.8, 4) is 5.75 Å². The maximum Gasteiger partial charge on any atom is 0.306 e. The Morgan fingerprint density at radius 1 is 1.10 bits per heavy atom. The minimum Gasteiger partial charge on any atom is -0.497 e. The molecule has 0 spiro atoms. The normalized spacial score (nSPS) is 34.9. The van der Waals surface area contributed by atoms with Crippen LogP contribution in [0.25, 0.3) is 0 Å². The molecule has 3 fully saturated rings. The molecule has 7 atom stereocenters. The molecule has 0 bridgehead atoms. The Morgan fingerprint density at radius 2 is 1.83 bits per heavy atom. The molecule has 3 N–H and O–H groups in total. The topological polar surface area (TPSA) is 139 Å². The van der Waals surface area contributed by atoms with Crippen LogP contribution in [0.4, 0.5) is 0 Å². The maximum atomic E-state index is 13.4. The van der Waals surface area contributed by atoms with Crippen LogP contribution in [0.5, 0.6) is 5.75 Å². The number of benzene rings is 1. The third kappa shape index (κ3) is 5.22. The van der Waals surface area contributed by atoms with Gasteiger partial charge in [0.25, 0.3) is 0 Å². The zero-order valence-electron chi connectivity index (χ0n) is 24.6. The molecule has 9 nitrogen and oxygen atoms in total. The molecule has 1 aromatic rings. The molecule has 1 amide bonds. The lowest BCUT2D eigenvalue weighted by Gasteiger charge is -2.59. The lowest BCUT2D eigenvalue weighted by atomic mass is 9.46. The van der Waals surface area contributed by atoms with Crippen LogP contribution in [-0.4, -0.2) is 59.1 Å². The van der Waals surface area contributed by atoms with Gasteiger partial charge in [0.15, 0.2) is 12.4 Å². The van der Waals surface area contributed by atoms with E-state index < -0.39 is 40.9 Å². The van der Waals surface area contributed by atoms with E-state index in [0.29, 0.717) is 18.7 Å². The fourth-order valence-corrected chi connectivity index (χ4v) is 8.37. The third-order valence-corrected chi connectivity index (χ3v) is 10.7. The molecular weight excluding hydrogens is 538 g/mol. The molecule has 42 heavy (non-hydrogen) atoms. The number of ketones is 2. The molecule has 0 aliphatic heterocycles. The van der Waals surface area contributed by atoms with Gasteiger partial charge in [-0.25, -0.2) is 0 Å². The number of esters is 1. The summed E-state index contributed by atoms with van der Waals surface area (Å²) in [6.45, 7) is 3.69. The van der Waals surface area contributed by atoms with Gasteiger partial charge < -0.3 is 25.0 Å². The van der Waals surface area contributed by atoms with Gasteiger partial charge in [-0.1, -0.05) is 37.6 Å². The van der Waals surface area contributed by atoms with Gasteiger partial charge in [0, 0.05) is 29.7 Å². The number of rotatable bonds is 9. The van der Waals surface area contributed by atoms with Gasteiger partial charge in [-0.15, -0.1) is 0 Å². The van der Waals surface area contributed by atoms with Crippen LogP contribution in [-0.2, 0) is 30.5 Å². The molecule has 226 valence electrons. The Hall–Kier alpha value is -3.30. The van der Waals surface area contributed by atoms with Gasteiger partial charge in [0.2, 0.25) is 11.7 Å². The molecular formula is C33H41NO8. The summed E-state index contributed by atoms with van der Waals surface area (Å²) in [5, 5.41) is 26.0. The minimum atomic E-state index is -1.73. The summed E-state index contributed by atoms with van der Waals surface area (Å²) in [5.41, 5.74) is -1.10. The highest BCUT2D eigenvalue weighted by Crippen LogP contribution is 2.67. The van der Waals surface area contributed by atoms with Crippen LogP contribution < -0.4 is 10.1 Å². The van der Waals surface area contributed by atoms with E-state index in [1.54, 1.807) is 31.4 Å². The van der Waals surface area contributed by atoms with Gasteiger partial charge in [0.05, 0.1) is 19.6 Å². The Balaban J connectivity index is 1.15. The van der Waals surface area contributed by atoms with Gasteiger partial charge in [-0.3, -0.25) is 19.2 Å². The SMILES string of the molecule is COc1ccc(CNC(=O)CCC(=O)OCC(=O)[C@@]2(O)CC[C@H]3[C@@H]4CCC5=CC(=O)C=C[C@]5(C)[C@H]4[C@@H](O)C[C@@]32C)cc1. The van der Waals surface area contributed by atoms with E-state index in [1.165, 1.54) is 0 Å². The molecule has 0 aromatic heterocycles. The Labute approximate surface area is 246 Å². The van der Waals surface area contributed by atoms with Gasteiger partial charge in [-0.2, -0.15) is 0 Å². The molecule has 0 radical (unpaired) electrons. The van der Waals surface area contributed by atoms with Crippen molar-refractivity contribution >= 4 is 23.4 Å². The summed E-state index contributed by atoms with van der Waals surface area (Å²) in [6, 6.07) is 7.26. The van der Waals surface area contributed by atoms with Crippen LogP contribution in [0.3, 0.4) is 0 Å². The number of aliphatic hydroxyl groups is 2. The molecule has 1 aromatic carbocycles. The van der Waals surface area contributed by atoms with Crippen LogP contribution in [0.1, 0.15) is 64.4 Å². The highest BCUT2D eigenvalue weighted by molar-refractivity contribution is 6.01. The van der Waals surface area contributed by atoms with E-state index in [9.17, 15) is 29.4 Å².